The fourth-order valence-corrected chi connectivity index (χ4v) is 1.54. The van der Waals surface area contributed by atoms with Gasteiger partial charge in [-0.15, -0.1) is 0 Å². The van der Waals surface area contributed by atoms with Crippen molar-refractivity contribution in [3.05, 3.63) is 12.7 Å². The predicted molar refractivity (Wildman–Crippen MR) is 45.2 cm³/mol. The summed E-state index contributed by atoms with van der Waals surface area (Å²) in [6, 6.07) is 0.411. The molecule has 1 atom stereocenters. The minimum atomic E-state index is 0.0807. The Morgan fingerprint density at radius 2 is 2.36 bits per heavy atom. The molecule has 2 heteroatoms. The smallest absolute Gasteiger partial charge is 0.246 e. The van der Waals surface area contributed by atoms with Gasteiger partial charge in [-0.25, -0.2) is 0 Å². The number of piperidine rings is 1. The second kappa shape index (κ2) is 3.56. The average Bonchev–Trinajstić information content (AvgIpc) is 2.04. The Bertz CT molecular complexity index is 165. The summed E-state index contributed by atoms with van der Waals surface area (Å²) in [6.07, 6.45) is 4.94. The van der Waals surface area contributed by atoms with Gasteiger partial charge in [0.1, 0.15) is 0 Å². The van der Waals surface area contributed by atoms with Crippen molar-refractivity contribution in [3.63, 3.8) is 0 Å². The molecule has 0 aromatic carbocycles. The van der Waals surface area contributed by atoms with E-state index in [1.165, 1.54) is 12.5 Å². The number of hydrogen-bond acceptors (Lipinski definition) is 1. The van der Waals surface area contributed by atoms with Crippen LogP contribution in [0.1, 0.15) is 26.2 Å². The Labute approximate surface area is 67.9 Å². The standard InChI is InChI=1S/C9H15NO/c1-3-9(11)10-7-5-4-6-8(10)2/h3,8H,1,4-7H2,2H3/t8-/m1/s1. The molecule has 1 amide bonds. The lowest BCUT2D eigenvalue weighted by molar-refractivity contribution is -0.129. The van der Waals surface area contributed by atoms with Crippen LogP contribution in [0.2, 0.25) is 0 Å². The van der Waals surface area contributed by atoms with Crippen LogP contribution in [0.25, 0.3) is 0 Å². The van der Waals surface area contributed by atoms with Gasteiger partial charge in [0.25, 0.3) is 0 Å². The van der Waals surface area contributed by atoms with E-state index in [9.17, 15) is 4.79 Å². The Kier molecular flexibility index (Phi) is 2.69. The van der Waals surface area contributed by atoms with Crippen molar-refractivity contribution in [2.75, 3.05) is 6.54 Å². The molecule has 0 saturated carbocycles. The molecule has 0 aromatic rings. The number of amides is 1. The Balaban J connectivity index is 2.53. The molecule has 0 aromatic heterocycles. The summed E-state index contributed by atoms with van der Waals surface area (Å²) in [7, 11) is 0. The summed E-state index contributed by atoms with van der Waals surface area (Å²) in [6.45, 7) is 6.49. The van der Waals surface area contributed by atoms with Crippen LogP contribution in [0.15, 0.2) is 12.7 Å². The molecule has 2 nitrogen and oxygen atoms in total. The first-order valence-electron chi connectivity index (χ1n) is 4.18. The summed E-state index contributed by atoms with van der Waals surface area (Å²) in [5, 5.41) is 0. The zero-order valence-electron chi connectivity index (χ0n) is 7.05. The van der Waals surface area contributed by atoms with E-state index < -0.39 is 0 Å². The Morgan fingerprint density at radius 1 is 1.64 bits per heavy atom. The minimum Gasteiger partial charge on any atom is -0.336 e. The number of nitrogens with zero attached hydrogens (tertiary/aromatic N) is 1. The van der Waals surface area contributed by atoms with Crippen LogP contribution < -0.4 is 0 Å². The summed E-state index contributed by atoms with van der Waals surface area (Å²) < 4.78 is 0. The van der Waals surface area contributed by atoms with Gasteiger partial charge >= 0.3 is 0 Å². The third-order valence-electron chi connectivity index (χ3n) is 2.26. The third kappa shape index (κ3) is 1.82. The third-order valence-corrected chi connectivity index (χ3v) is 2.26. The summed E-state index contributed by atoms with van der Waals surface area (Å²) >= 11 is 0. The molecular weight excluding hydrogens is 138 g/mol. The molecule has 11 heavy (non-hydrogen) atoms. The van der Waals surface area contributed by atoms with E-state index in [0.29, 0.717) is 6.04 Å². The Hall–Kier alpha value is -0.790. The molecule has 0 aliphatic carbocycles. The van der Waals surface area contributed by atoms with Crippen LogP contribution in [0.4, 0.5) is 0 Å². The van der Waals surface area contributed by atoms with Crippen molar-refractivity contribution in [3.8, 4) is 0 Å². The summed E-state index contributed by atoms with van der Waals surface area (Å²) in [5.41, 5.74) is 0. The number of carbonyl (C=O) groups is 1. The minimum absolute atomic E-state index is 0.0807. The van der Waals surface area contributed by atoms with E-state index >= 15 is 0 Å². The highest BCUT2D eigenvalue weighted by Gasteiger charge is 2.20. The van der Waals surface area contributed by atoms with Crippen LogP contribution >= 0.6 is 0 Å². The van der Waals surface area contributed by atoms with Crippen molar-refractivity contribution in [2.45, 2.75) is 32.2 Å². The van der Waals surface area contributed by atoms with Crippen LogP contribution in [0.5, 0.6) is 0 Å². The van der Waals surface area contributed by atoms with Gasteiger partial charge in [0.2, 0.25) is 5.91 Å². The zero-order chi connectivity index (χ0) is 8.27. The molecule has 0 radical (unpaired) electrons. The lowest BCUT2D eigenvalue weighted by atomic mass is 10.0. The monoisotopic (exact) mass is 153 g/mol. The highest BCUT2D eigenvalue weighted by Crippen LogP contribution is 2.16. The van der Waals surface area contributed by atoms with Gasteiger partial charge in [-0.05, 0) is 32.3 Å². The summed E-state index contributed by atoms with van der Waals surface area (Å²) in [5.74, 6) is 0.0807. The van der Waals surface area contributed by atoms with Gasteiger partial charge in [-0.3, -0.25) is 4.79 Å². The van der Waals surface area contributed by atoms with Crippen molar-refractivity contribution in [1.82, 2.24) is 4.90 Å². The molecule has 0 N–H and O–H groups in total. The molecule has 0 bridgehead atoms. The number of hydrogen-bond donors (Lipinski definition) is 0. The second-order valence-corrected chi connectivity index (χ2v) is 3.08. The van der Waals surface area contributed by atoms with Gasteiger partial charge in [-0.1, -0.05) is 6.58 Å². The number of rotatable bonds is 1. The van der Waals surface area contributed by atoms with Crippen molar-refractivity contribution < 1.29 is 4.79 Å². The first kappa shape index (κ1) is 8.31. The van der Waals surface area contributed by atoms with Crippen molar-refractivity contribution in [2.24, 2.45) is 0 Å². The van der Waals surface area contributed by atoms with Crippen LogP contribution in [-0.4, -0.2) is 23.4 Å². The molecule has 1 heterocycles. The molecule has 1 aliphatic heterocycles. The first-order valence-corrected chi connectivity index (χ1v) is 4.18. The van der Waals surface area contributed by atoms with E-state index in [0.717, 1.165) is 19.4 Å². The van der Waals surface area contributed by atoms with Crippen LogP contribution in [0.3, 0.4) is 0 Å². The highest BCUT2D eigenvalue weighted by atomic mass is 16.2. The van der Waals surface area contributed by atoms with Gasteiger partial charge in [0, 0.05) is 12.6 Å². The quantitative estimate of drug-likeness (QED) is 0.524. The highest BCUT2D eigenvalue weighted by molar-refractivity contribution is 5.87. The van der Waals surface area contributed by atoms with E-state index in [1.807, 2.05) is 4.90 Å². The van der Waals surface area contributed by atoms with Gasteiger partial charge < -0.3 is 4.90 Å². The van der Waals surface area contributed by atoms with Gasteiger partial charge in [-0.2, -0.15) is 0 Å². The lowest BCUT2D eigenvalue weighted by Crippen LogP contribution is -2.40. The SMILES string of the molecule is C=CC(=O)N1CCCC[C@H]1C. The molecule has 0 unspecified atom stereocenters. The van der Waals surface area contributed by atoms with E-state index in [4.69, 9.17) is 0 Å². The first-order chi connectivity index (χ1) is 5.25. The molecule has 1 fully saturated rings. The molecule has 1 aliphatic rings. The van der Waals surface area contributed by atoms with E-state index in [1.54, 1.807) is 0 Å². The fraction of sp³-hybridized carbons (Fsp3) is 0.667. The van der Waals surface area contributed by atoms with Crippen LogP contribution in [-0.2, 0) is 4.79 Å². The molecule has 0 spiro atoms. The van der Waals surface area contributed by atoms with Gasteiger partial charge in [0.15, 0.2) is 0 Å². The topological polar surface area (TPSA) is 20.3 Å². The maximum Gasteiger partial charge on any atom is 0.246 e. The normalized spacial score (nSPS) is 24.8. The fourth-order valence-electron chi connectivity index (χ4n) is 1.54. The van der Waals surface area contributed by atoms with E-state index in [2.05, 4.69) is 13.5 Å². The maximum absolute atomic E-state index is 11.2. The van der Waals surface area contributed by atoms with Crippen molar-refractivity contribution >= 4 is 5.91 Å². The predicted octanol–water partition coefficient (Wildman–Crippen LogP) is 1.57. The van der Waals surface area contributed by atoms with Crippen LogP contribution in [0, 0.1) is 0 Å². The summed E-state index contributed by atoms with van der Waals surface area (Å²) in [4.78, 5) is 13.1. The molecule has 62 valence electrons. The number of likely N-dealkylation sites (tertiary alicyclic amines) is 1. The number of carbonyl (C=O) groups excluding carboxylic acids is 1. The molecule has 1 rings (SSSR count). The second-order valence-electron chi connectivity index (χ2n) is 3.08. The molecule has 1 saturated heterocycles. The molecular formula is C9H15NO. The lowest BCUT2D eigenvalue weighted by Gasteiger charge is -2.32. The maximum atomic E-state index is 11.2. The van der Waals surface area contributed by atoms with E-state index in [-0.39, 0.29) is 5.91 Å². The van der Waals surface area contributed by atoms with Crippen molar-refractivity contribution in [1.29, 1.82) is 0 Å². The van der Waals surface area contributed by atoms with Gasteiger partial charge in [0.05, 0.1) is 0 Å². The largest absolute Gasteiger partial charge is 0.336 e. The average molecular weight is 153 g/mol. The zero-order valence-corrected chi connectivity index (χ0v) is 7.05. The Morgan fingerprint density at radius 3 is 2.91 bits per heavy atom.